The zero-order valence-electron chi connectivity index (χ0n) is 9.91. The summed E-state index contributed by atoms with van der Waals surface area (Å²) in [5.74, 6) is 1.27. The van der Waals surface area contributed by atoms with Gasteiger partial charge < -0.3 is 4.90 Å². The third-order valence-electron chi connectivity index (χ3n) is 3.81. The molecule has 2 unspecified atom stereocenters. The lowest BCUT2D eigenvalue weighted by Crippen LogP contribution is -2.43. The Hall–Kier alpha value is -0.410. The number of piperidine rings is 1. The van der Waals surface area contributed by atoms with Crippen molar-refractivity contribution in [2.24, 2.45) is 5.92 Å². The second kappa shape index (κ2) is 4.62. The first-order valence-corrected chi connectivity index (χ1v) is 6.09. The summed E-state index contributed by atoms with van der Waals surface area (Å²) in [4.78, 5) is 16.2. The Morgan fingerprint density at radius 2 is 2.20 bits per heavy atom. The lowest BCUT2D eigenvalue weighted by molar-refractivity contribution is -0.123. The smallest absolute Gasteiger partial charge is 0.135 e. The molecule has 3 heteroatoms. The van der Waals surface area contributed by atoms with Crippen molar-refractivity contribution in [2.75, 3.05) is 33.2 Å². The van der Waals surface area contributed by atoms with E-state index in [0.717, 1.165) is 25.3 Å². The number of likely N-dealkylation sites (tertiary alicyclic amines) is 2. The first kappa shape index (κ1) is 11.1. The van der Waals surface area contributed by atoms with Crippen molar-refractivity contribution in [1.82, 2.24) is 9.80 Å². The van der Waals surface area contributed by atoms with E-state index in [0.29, 0.717) is 11.8 Å². The molecule has 0 saturated carbocycles. The summed E-state index contributed by atoms with van der Waals surface area (Å²) in [6.07, 6.45) is 2.86. The number of nitrogens with zero attached hydrogens (tertiary/aromatic N) is 2. The van der Waals surface area contributed by atoms with Crippen LogP contribution in [0.15, 0.2) is 0 Å². The van der Waals surface area contributed by atoms with Gasteiger partial charge in [0.2, 0.25) is 0 Å². The van der Waals surface area contributed by atoms with Crippen LogP contribution in [0.1, 0.15) is 26.2 Å². The van der Waals surface area contributed by atoms with E-state index in [1.54, 1.807) is 0 Å². The molecular weight excluding hydrogens is 188 g/mol. The molecule has 86 valence electrons. The highest BCUT2D eigenvalue weighted by atomic mass is 16.1. The molecule has 0 spiro atoms. The van der Waals surface area contributed by atoms with Crippen LogP contribution in [0.25, 0.3) is 0 Å². The molecule has 0 aromatic carbocycles. The van der Waals surface area contributed by atoms with E-state index in [4.69, 9.17) is 0 Å². The third kappa shape index (κ3) is 2.79. The highest BCUT2D eigenvalue weighted by molar-refractivity contribution is 5.79. The molecule has 0 aromatic heterocycles. The van der Waals surface area contributed by atoms with Gasteiger partial charge in [-0.1, -0.05) is 0 Å². The van der Waals surface area contributed by atoms with Gasteiger partial charge in [-0.15, -0.1) is 0 Å². The van der Waals surface area contributed by atoms with Gasteiger partial charge in [0, 0.05) is 38.5 Å². The SMILES string of the molecule is CC1CC(=O)CCN1CC1CCN(C)C1. The summed E-state index contributed by atoms with van der Waals surface area (Å²) in [5.41, 5.74) is 0. The van der Waals surface area contributed by atoms with Crippen LogP contribution in [0, 0.1) is 5.92 Å². The number of ketones is 1. The minimum Gasteiger partial charge on any atom is -0.306 e. The Bertz CT molecular complexity index is 242. The van der Waals surface area contributed by atoms with E-state index in [-0.39, 0.29) is 0 Å². The third-order valence-corrected chi connectivity index (χ3v) is 3.81. The Labute approximate surface area is 92.4 Å². The summed E-state index contributed by atoms with van der Waals surface area (Å²) in [6.45, 7) is 6.84. The van der Waals surface area contributed by atoms with Crippen LogP contribution in [-0.2, 0) is 4.79 Å². The monoisotopic (exact) mass is 210 g/mol. The fourth-order valence-corrected chi connectivity index (χ4v) is 2.83. The maximum Gasteiger partial charge on any atom is 0.135 e. The first-order valence-electron chi connectivity index (χ1n) is 6.09. The van der Waals surface area contributed by atoms with Crippen molar-refractivity contribution in [1.29, 1.82) is 0 Å². The lowest BCUT2D eigenvalue weighted by Gasteiger charge is -2.34. The van der Waals surface area contributed by atoms with Crippen molar-refractivity contribution in [2.45, 2.75) is 32.2 Å². The average Bonchev–Trinajstić information content (AvgIpc) is 2.56. The number of Topliss-reactive ketones (excluding diaryl/α,β-unsaturated/α-hetero) is 1. The predicted octanol–water partition coefficient (Wildman–Crippen LogP) is 0.991. The van der Waals surface area contributed by atoms with Crippen molar-refractivity contribution >= 4 is 5.78 Å². The fourth-order valence-electron chi connectivity index (χ4n) is 2.83. The zero-order chi connectivity index (χ0) is 10.8. The second-order valence-electron chi connectivity index (χ2n) is 5.25. The normalized spacial score (nSPS) is 34.9. The summed E-state index contributed by atoms with van der Waals surface area (Å²) in [7, 11) is 2.20. The fraction of sp³-hybridized carbons (Fsp3) is 0.917. The van der Waals surface area contributed by atoms with Crippen LogP contribution in [-0.4, -0.2) is 54.9 Å². The maximum absolute atomic E-state index is 11.3. The molecule has 2 rings (SSSR count). The molecule has 0 amide bonds. The summed E-state index contributed by atoms with van der Waals surface area (Å²) < 4.78 is 0. The van der Waals surface area contributed by atoms with E-state index in [1.165, 1.54) is 26.1 Å². The molecule has 2 saturated heterocycles. The van der Waals surface area contributed by atoms with Crippen LogP contribution in [0.3, 0.4) is 0 Å². The van der Waals surface area contributed by atoms with Crippen molar-refractivity contribution in [3.8, 4) is 0 Å². The maximum atomic E-state index is 11.3. The Morgan fingerprint density at radius 3 is 2.80 bits per heavy atom. The molecule has 2 aliphatic heterocycles. The van der Waals surface area contributed by atoms with Gasteiger partial charge >= 0.3 is 0 Å². The number of hydrogen-bond donors (Lipinski definition) is 0. The molecule has 2 fully saturated rings. The molecule has 0 radical (unpaired) electrons. The van der Waals surface area contributed by atoms with Gasteiger partial charge in [0.1, 0.15) is 5.78 Å². The summed E-state index contributed by atoms with van der Waals surface area (Å²) in [5, 5.41) is 0. The van der Waals surface area contributed by atoms with Crippen LogP contribution in [0.5, 0.6) is 0 Å². The molecule has 0 aliphatic carbocycles. The highest BCUT2D eigenvalue weighted by Crippen LogP contribution is 2.20. The van der Waals surface area contributed by atoms with Gasteiger partial charge in [0.25, 0.3) is 0 Å². The van der Waals surface area contributed by atoms with Gasteiger partial charge in [-0.2, -0.15) is 0 Å². The molecule has 2 aliphatic rings. The second-order valence-corrected chi connectivity index (χ2v) is 5.25. The Morgan fingerprint density at radius 1 is 1.40 bits per heavy atom. The van der Waals surface area contributed by atoms with Crippen LogP contribution < -0.4 is 0 Å². The van der Waals surface area contributed by atoms with Gasteiger partial charge in [-0.05, 0) is 32.9 Å². The van der Waals surface area contributed by atoms with Gasteiger partial charge in [-0.25, -0.2) is 0 Å². The number of rotatable bonds is 2. The quantitative estimate of drug-likeness (QED) is 0.679. The van der Waals surface area contributed by atoms with E-state index < -0.39 is 0 Å². The topological polar surface area (TPSA) is 23.6 Å². The molecule has 0 bridgehead atoms. The Kier molecular flexibility index (Phi) is 3.42. The minimum absolute atomic E-state index is 0.447. The van der Waals surface area contributed by atoms with E-state index in [1.807, 2.05) is 0 Å². The number of carbonyl (C=O) groups excluding carboxylic acids is 1. The van der Waals surface area contributed by atoms with E-state index in [9.17, 15) is 4.79 Å². The lowest BCUT2D eigenvalue weighted by atomic mass is 9.99. The van der Waals surface area contributed by atoms with Gasteiger partial charge in [0.05, 0.1) is 0 Å². The van der Waals surface area contributed by atoms with E-state index >= 15 is 0 Å². The van der Waals surface area contributed by atoms with Gasteiger partial charge in [0.15, 0.2) is 0 Å². The van der Waals surface area contributed by atoms with Crippen LogP contribution in [0.4, 0.5) is 0 Å². The molecule has 2 heterocycles. The molecule has 15 heavy (non-hydrogen) atoms. The Balaban J connectivity index is 1.81. The number of hydrogen-bond acceptors (Lipinski definition) is 3. The van der Waals surface area contributed by atoms with Crippen molar-refractivity contribution < 1.29 is 4.79 Å². The molecule has 3 nitrogen and oxygen atoms in total. The molecule has 0 N–H and O–H groups in total. The van der Waals surface area contributed by atoms with Crippen molar-refractivity contribution in [3.05, 3.63) is 0 Å². The summed E-state index contributed by atoms with van der Waals surface area (Å²) >= 11 is 0. The molecule has 0 aromatic rings. The average molecular weight is 210 g/mol. The standard InChI is InChI=1S/C12H22N2O/c1-10-7-12(15)4-6-14(10)9-11-3-5-13(2)8-11/h10-11H,3-9H2,1-2H3. The van der Waals surface area contributed by atoms with Crippen LogP contribution >= 0.6 is 0 Å². The van der Waals surface area contributed by atoms with Crippen LogP contribution in [0.2, 0.25) is 0 Å². The van der Waals surface area contributed by atoms with Crippen molar-refractivity contribution in [3.63, 3.8) is 0 Å². The molecular formula is C12H22N2O. The number of carbonyl (C=O) groups is 1. The first-order chi connectivity index (χ1) is 7.15. The highest BCUT2D eigenvalue weighted by Gasteiger charge is 2.27. The van der Waals surface area contributed by atoms with Gasteiger partial charge in [-0.3, -0.25) is 9.69 Å². The zero-order valence-corrected chi connectivity index (χ0v) is 9.91. The molecule has 2 atom stereocenters. The summed E-state index contributed by atoms with van der Waals surface area (Å²) in [6, 6.07) is 0.470. The predicted molar refractivity (Wildman–Crippen MR) is 60.9 cm³/mol. The van der Waals surface area contributed by atoms with E-state index in [2.05, 4.69) is 23.8 Å². The minimum atomic E-state index is 0.447. The largest absolute Gasteiger partial charge is 0.306 e.